The molecular weight excluding hydrogens is 170 g/mol. The van der Waals surface area contributed by atoms with Crippen LogP contribution in [0.25, 0.3) is 0 Å². The van der Waals surface area contributed by atoms with Crippen LogP contribution in [-0.4, -0.2) is 17.1 Å². The Morgan fingerprint density at radius 3 is 1.69 bits per heavy atom. The number of aromatic hydroxyl groups is 1. The summed E-state index contributed by atoms with van der Waals surface area (Å²) < 4.78 is 0. The van der Waals surface area contributed by atoms with E-state index < -0.39 is 4.92 Å². The minimum Gasteiger partial charge on any atom is -0.508 e. The fourth-order valence-corrected chi connectivity index (χ4v) is 0.428. The Balaban J connectivity index is 0. The number of para-hydroxylation sites is 1. The highest BCUT2D eigenvalue weighted by molar-refractivity contribution is 5.18. The summed E-state index contributed by atoms with van der Waals surface area (Å²) in [5.74, 6) is 0.322. The zero-order valence-corrected chi connectivity index (χ0v) is 8.10. The maximum atomic E-state index is 8.81. The van der Waals surface area contributed by atoms with E-state index in [1.54, 1.807) is 24.3 Å². The van der Waals surface area contributed by atoms with Gasteiger partial charge in [-0.1, -0.05) is 32.0 Å². The molecule has 4 nitrogen and oxygen atoms in total. The molecule has 0 unspecified atom stereocenters. The number of benzene rings is 1. The second kappa shape index (κ2) is 10.4. The lowest BCUT2D eigenvalue weighted by Crippen LogP contribution is -1.79. The van der Waals surface area contributed by atoms with E-state index in [0.29, 0.717) is 5.75 Å². The lowest BCUT2D eigenvalue weighted by molar-refractivity contribution is -0.445. The highest BCUT2D eigenvalue weighted by atomic mass is 16.6. The number of nitrogens with zero attached hydrogens (tertiary/aromatic N) is 1. The van der Waals surface area contributed by atoms with Crippen LogP contribution < -0.4 is 0 Å². The monoisotopic (exact) mass is 185 g/mol. The number of rotatable bonds is 0. The van der Waals surface area contributed by atoms with Crippen molar-refractivity contribution >= 4 is 0 Å². The maximum absolute atomic E-state index is 8.81. The van der Waals surface area contributed by atoms with Gasteiger partial charge in [-0.05, 0) is 12.1 Å². The van der Waals surface area contributed by atoms with Crippen molar-refractivity contribution in [2.45, 2.75) is 13.8 Å². The molecule has 0 radical (unpaired) electrons. The summed E-state index contributed by atoms with van der Waals surface area (Å²) in [6.07, 6.45) is 0. The van der Waals surface area contributed by atoms with E-state index in [2.05, 4.69) is 0 Å². The van der Waals surface area contributed by atoms with Crippen LogP contribution in [0, 0.1) is 10.1 Å². The predicted octanol–water partition coefficient (Wildman–Crippen LogP) is 2.31. The van der Waals surface area contributed by atoms with Crippen molar-refractivity contribution in [1.29, 1.82) is 0 Å². The molecule has 0 saturated heterocycles. The summed E-state index contributed by atoms with van der Waals surface area (Å²) in [5, 5.41) is 17.4. The summed E-state index contributed by atoms with van der Waals surface area (Å²) in [5.41, 5.74) is 0. The third-order valence-corrected chi connectivity index (χ3v) is 0.756. The van der Waals surface area contributed by atoms with Crippen molar-refractivity contribution in [3.63, 3.8) is 0 Å². The second-order valence-electron chi connectivity index (χ2n) is 1.78. The standard InChI is InChI=1S/C6H6O.C2H6.CH3NO2/c7-6-4-2-1-3-5-6;1-2;1-2(3)4/h1-5,7H;1-2H3;1H3. The van der Waals surface area contributed by atoms with Crippen molar-refractivity contribution in [2.24, 2.45) is 0 Å². The third-order valence-electron chi connectivity index (χ3n) is 0.756. The minimum absolute atomic E-state index is 0.322. The molecule has 0 aromatic heterocycles. The van der Waals surface area contributed by atoms with Crippen LogP contribution in [0.2, 0.25) is 0 Å². The fraction of sp³-hybridized carbons (Fsp3) is 0.333. The Hall–Kier alpha value is -1.58. The number of hydrogen-bond acceptors (Lipinski definition) is 3. The smallest absolute Gasteiger partial charge is 0.194 e. The molecule has 1 rings (SSSR count). The molecule has 74 valence electrons. The molecule has 0 aliphatic heterocycles. The van der Waals surface area contributed by atoms with Gasteiger partial charge in [-0.3, -0.25) is 10.1 Å². The Labute approximate surface area is 78.0 Å². The van der Waals surface area contributed by atoms with Crippen molar-refractivity contribution in [1.82, 2.24) is 0 Å². The van der Waals surface area contributed by atoms with E-state index in [1.165, 1.54) is 0 Å². The molecule has 0 heterocycles. The van der Waals surface area contributed by atoms with Gasteiger partial charge in [-0.2, -0.15) is 0 Å². The minimum atomic E-state index is -0.500. The summed E-state index contributed by atoms with van der Waals surface area (Å²) in [6.45, 7) is 4.00. The summed E-state index contributed by atoms with van der Waals surface area (Å²) in [4.78, 5) is 8.31. The van der Waals surface area contributed by atoms with Gasteiger partial charge < -0.3 is 5.11 Å². The topological polar surface area (TPSA) is 63.4 Å². The Morgan fingerprint density at radius 1 is 1.23 bits per heavy atom. The Bertz CT molecular complexity index is 207. The number of nitro groups is 1. The average Bonchev–Trinajstić information content (AvgIpc) is 2.08. The van der Waals surface area contributed by atoms with E-state index in [-0.39, 0.29) is 0 Å². The molecule has 0 aliphatic rings. The first kappa shape index (κ1) is 14.0. The van der Waals surface area contributed by atoms with Gasteiger partial charge in [0.05, 0.1) is 0 Å². The van der Waals surface area contributed by atoms with Gasteiger partial charge in [0, 0.05) is 4.92 Å². The Kier molecular flexibility index (Phi) is 11.2. The van der Waals surface area contributed by atoms with Crippen LogP contribution in [0.4, 0.5) is 0 Å². The molecule has 0 spiro atoms. The molecule has 1 aromatic carbocycles. The molecule has 0 amide bonds. The van der Waals surface area contributed by atoms with Gasteiger partial charge in [0.1, 0.15) is 5.75 Å². The predicted molar refractivity (Wildman–Crippen MR) is 52.4 cm³/mol. The summed E-state index contributed by atoms with van der Waals surface area (Å²) in [7, 11) is 0.889. The van der Waals surface area contributed by atoms with Gasteiger partial charge in [0.25, 0.3) is 0 Å². The molecular formula is C9H15NO3. The molecule has 0 aliphatic carbocycles. The SMILES string of the molecule is CC.C[N+](=O)[O-].Oc1ccccc1. The van der Waals surface area contributed by atoms with Crippen LogP contribution in [-0.2, 0) is 0 Å². The van der Waals surface area contributed by atoms with Gasteiger partial charge in [0.2, 0.25) is 0 Å². The first-order valence-corrected chi connectivity index (χ1v) is 3.95. The quantitative estimate of drug-likeness (QED) is 0.498. The highest BCUT2D eigenvalue weighted by Crippen LogP contribution is 2.02. The van der Waals surface area contributed by atoms with E-state index in [4.69, 9.17) is 15.2 Å². The van der Waals surface area contributed by atoms with Crippen LogP contribution in [0.5, 0.6) is 5.75 Å². The normalized spacial score (nSPS) is 7.00. The van der Waals surface area contributed by atoms with Crippen LogP contribution >= 0.6 is 0 Å². The van der Waals surface area contributed by atoms with Gasteiger partial charge >= 0.3 is 0 Å². The fourth-order valence-electron chi connectivity index (χ4n) is 0.428. The number of phenolic OH excluding ortho intramolecular Hbond substituents is 1. The van der Waals surface area contributed by atoms with Crippen molar-refractivity contribution < 1.29 is 10.0 Å². The van der Waals surface area contributed by atoms with Crippen molar-refractivity contribution in [3.8, 4) is 5.75 Å². The largest absolute Gasteiger partial charge is 0.508 e. The van der Waals surface area contributed by atoms with Crippen molar-refractivity contribution in [3.05, 3.63) is 40.4 Å². The van der Waals surface area contributed by atoms with Gasteiger partial charge in [-0.25, -0.2) is 0 Å². The highest BCUT2D eigenvalue weighted by Gasteiger charge is 1.74. The Morgan fingerprint density at radius 2 is 1.54 bits per heavy atom. The third kappa shape index (κ3) is 17.9. The van der Waals surface area contributed by atoms with E-state index in [9.17, 15) is 0 Å². The average molecular weight is 185 g/mol. The van der Waals surface area contributed by atoms with Crippen LogP contribution in [0.3, 0.4) is 0 Å². The van der Waals surface area contributed by atoms with E-state index in [1.807, 2.05) is 19.9 Å². The van der Waals surface area contributed by atoms with Crippen LogP contribution in [0.1, 0.15) is 13.8 Å². The molecule has 0 fully saturated rings. The zero-order valence-electron chi connectivity index (χ0n) is 8.10. The number of hydrogen-bond donors (Lipinski definition) is 1. The molecule has 1 N–H and O–H groups in total. The van der Waals surface area contributed by atoms with Gasteiger partial charge in [-0.15, -0.1) is 0 Å². The first-order chi connectivity index (χ1) is 6.13. The lowest BCUT2D eigenvalue weighted by Gasteiger charge is -1.82. The van der Waals surface area contributed by atoms with E-state index >= 15 is 0 Å². The second-order valence-corrected chi connectivity index (χ2v) is 1.78. The molecule has 13 heavy (non-hydrogen) atoms. The zero-order chi connectivity index (χ0) is 10.7. The summed E-state index contributed by atoms with van der Waals surface area (Å²) >= 11 is 0. The maximum Gasteiger partial charge on any atom is 0.194 e. The first-order valence-electron chi connectivity index (χ1n) is 3.95. The molecule has 4 heteroatoms. The molecule has 0 saturated carbocycles. The molecule has 0 bridgehead atoms. The molecule has 0 atom stereocenters. The summed E-state index contributed by atoms with van der Waals surface area (Å²) in [6, 6.07) is 8.71. The van der Waals surface area contributed by atoms with Crippen molar-refractivity contribution in [2.75, 3.05) is 7.05 Å². The lowest BCUT2D eigenvalue weighted by atomic mass is 10.3. The number of phenols is 1. The van der Waals surface area contributed by atoms with Crippen LogP contribution in [0.15, 0.2) is 30.3 Å². The van der Waals surface area contributed by atoms with Gasteiger partial charge in [0.15, 0.2) is 7.05 Å². The van der Waals surface area contributed by atoms with E-state index in [0.717, 1.165) is 7.05 Å². The molecule has 1 aromatic rings.